The van der Waals surface area contributed by atoms with Crippen molar-refractivity contribution in [3.05, 3.63) is 35.4 Å². The molecule has 106 valence electrons. The van der Waals surface area contributed by atoms with Crippen LogP contribution < -0.4 is 5.32 Å². The van der Waals surface area contributed by atoms with Crippen molar-refractivity contribution in [1.82, 2.24) is 10.2 Å². The molecule has 1 heterocycles. The van der Waals surface area contributed by atoms with Gasteiger partial charge in [0, 0.05) is 31.7 Å². The fraction of sp³-hybridized carbons (Fsp3) is 0.625. The summed E-state index contributed by atoms with van der Waals surface area (Å²) in [4.78, 5) is 2.50. The van der Waals surface area contributed by atoms with Crippen LogP contribution in [0.4, 0.5) is 0 Å². The van der Waals surface area contributed by atoms with Crippen LogP contribution >= 0.6 is 0 Å². The monoisotopic (exact) mass is 262 g/mol. The standard InChI is InChI=1S/C16H26N2O/c1-13-5-4-6-16(11-13)15(3)17-12-14(2)18-7-9-19-10-8-18/h4-6,11,14-15,17H,7-10,12H2,1-3H3/t14-,15-/m1/s1. The first-order valence-corrected chi connectivity index (χ1v) is 7.28. The van der Waals surface area contributed by atoms with Gasteiger partial charge in [0.25, 0.3) is 0 Å². The minimum absolute atomic E-state index is 0.406. The molecule has 19 heavy (non-hydrogen) atoms. The molecule has 2 atom stereocenters. The highest BCUT2D eigenvalue weighted by Gasteiger charge is 2.17. The molecule has 1 aromatic rings. The highest BCUT2D eigenvalue weighted by Crippen LogP contribution is 2.14. The SMILES string of the molecule is Cc1cccc([C@@H](C)NC[C@@H](C)N2CCOCC2)c1. The third-order valence-electron chi connectivity index (χ3n) is 3.93. The normalized spacial score (nSPS) is 20.2. The number of benzene rings is 1. The van der Waals surface area contributed by atoms with Gasteiger partial charge >= 0.3 is 0 Å². The lowest BCUT2D eigenvalue weighted by Crippen LogP contribution is -2.46. The van der Waals surface area contributed by atoms with Gasteiger partial charge in [0.05, 0.1) is 13.2 Å². The Hall–Kier alpha value is -0.900. The van der Waals surface area contributed by atoms with Gasteiger partial charge in [0.2, 0.25) is 0 Å². The van der Waals surface area contributed by atoms with E-state index in [0.717, 1.165) is 32.8 Å². The van der Waals surface area contributed by atoms with E-state index in [1.165, 1.54) is 11.1 Å². The molecule has 0 bridgehead atoms. The Morgan fingerprint density at radius 2 is 2.00 bits per heavy atom. The van der Waals surface area contributed by atoms with Gasteiger partial charge in [-0.15, -0.1) is 0 Å². The van der Waals surface area contributed by atoms with E-state index < -0.39 is 0 Å². The third-order valence-corrected chi connectivity index (χ3v) is 3.93. The summed E-state index contributed by atoms with van der Waals surface area (Å²) in [5.74, 6) is 0. The topological polar surface area (TPSA) is 24.5 Å². The summed E-state index contributed by atoms with van der Waals surface area (Å²) in [6, 6.07) is 9.71. The largest absolute Gasteiger partial charge is 0.379 e. The Morgan fingerprint density at radius 3 is 2.68 bits per heavy atom. The Kier molecular flexibility index (Phi) is 5.37. The Balaban J connectivity index is 1.80. The second-order valence-electron chi connectivity index (χ2n) is 5.54. The molecule has 3 heteroatoms. The maximum absolute atomic E-state index is 5.40. The summed E-state index contributed by atoms with van der Waals surface area (Å²) in [6.07, 6.45) is 0. The van der Waals surface area contributed by atoms with Gasteiger partial charge in [-0.25, -0.2) is 0 Å². The van der Waals surface area contributed by atoms with Crippen LogP contribution in [0.5, 0.6) is 0 Å². The van der Waals surface area contributed by atoms with Crippen molar-refractivity contribution in [1.29, 1.82) is 0 Å². The van der Waals surface area contributed by atoms with Crippen molar-refractivity contribution in [2.75, 3.05) is 32.8 Å². The maximum Gasteiger partial charge on any atom is 0.0594 e. The quantitative estimate of drug-likeness (QED) is 0.881. The van der Waals surface area contributed by atoms with E-state index in [0.29, 0.717) is 12.1 Å². The van der Waals surface area contributed by atoms with Gasteiger partial charge in [-0.05, 0) is 26.3 Å². The predicted molar refractivity (Wildman–Crippen MR) is 79.5 cm³/mol. The van der Waals surface area contributed by atoms with E-state index in [-0.39, 0.29) is 0 Å². The first-order chi connectivity index (χ1) is 9.16. The van der Waals surface area contributed by atoms with Crippen LogP contribution in [0.2, 0.25) is 0 Å². The van der Waals surface area contributed by atoms with Crippen LogP contribution in [0, 0.1) is 6.92 Å². The second kappa shape index (κ2) is 7.04. The molecule has 0 unspecified atom stereocenters. The van der Waals surface area contributed by atoms with E-state index in [1.807, 2.05) is 0 Å². The van der Waals surface area contributed by atoms with Crippen molar-refractivity contribution in [3.8, 4) is 0 Å². The molecule has 1 aliphatic heterocycles. The van der Waals surface area contributed by atoms with E-state index in [1.54, 1.807) is 0 Å². The number of aryl methyl sites for hydroxylation is 1. The molecule has 0 aromatic heterocycles. The number of nitrogens with one attached hydrogen (secondary N) is 1. The molecular weight excluding hydrogens is 236 g/mol. The number of hydrogen-bond acceptors (Lipinski definition) is 3. The molecule has 0 saturated carbocycles. The van der Waals surface area contributed by atoms with Gasteiger partial charge < -0.3 is 10.1 Å². The zero-order chi connectivity index (χ0) is 13.7. The van der Waals surface area contributed by atoms with Crippen LogP contribution in [-0.2, 0) is 4.74 Å². The van der Waals surface area contributed by atoms with E-state index >= 15 is 0 Å². The number of morpholine rings is 1. The molecule has 1 aromatic carbocycles. The molecule has 1 saturated heterocycles. The Bertz CT molecular complexity index is 388. The zero-order valence-corrected chi connectivity index (χ0v) is 12.4. The second-order valence-corrected chi connectivity index (χ2v) is 5.54. The van der Waals surface area contributed by atoms with Crippen LogP contribution in [0.3, 0.4) is 0 Å². The number of ether oxygens (including phenoxy) is 1. The van der Waals surface area contributed by atoms with E-state index in [4.69, 9.17) is 4.74 Å². The van der Waals surface area contributed by atoms with Gasteiger partial charge in [-0.1, -0.05) is 29.8 Å². The molecule has 1 N–H and O–H groups in total. The zero-order valence-electron chi connectivity index (χ0n) is 12.4. The lowest BCUT2D eigenvalue weighted by molar-refractivity contribution is 0.0200. The third kappa shape index (κ3) is 4.30. The van der Waals surface area contributed by atoms with Gasteiger partial charge in [0.15, 0.2) is 0 Å². The molecule has 0 aliphatic carbocycles. The highest BCUT2D eigenvalue weighted by molar-refractivity contribution is 5.24. The molecule has 0 radical (unpaired) electrons. The van der Waals surface area contributed by atoms with Crippen LogP contribution in [-0.4, -0.2) is 43.8 Å². The fourth-order valence-electron chi connectivity index (χ4n) is 2.55. The smallest absolute Gasteiger partial charge is 0.0594 e. The van der Waals surface area contributed by atoms with Gasteiger partial charge in [-0.2, -0.15) is 0 Å². The summed E-state index contributed by atoms with van der Waals surface area (Å²) >= 11 is 0. The first kappa shape index (κ1) is 14.5. The van der Waals surface area contributed by atoms with Crippen LogP contribution in [0.1, 0.15) is 31.0 Å². The molecule has 2 rings (SSSR count). The fourth-order valence-corrected chi connectivity index (χ4v) is 2.55. The summed E-state index contributed by atoms with van der Waals surface area (Å²) < 4.78 is 5.40. The average Bonchev–Trinajstić information content (AvgIpc) is 2.45. The summed E-state index contributed by atoms with van der Waals surface area (Å²) in [7, 11) is 0. The average molecular weight is 262 g/mol. The van der Waals surface area contributed by atoms with Crippen molar-refractivity contribution in [2.45, 2.75) is 32.9 Å². The van der Waals surface area contributed by atoms with E-state index in [2.05, 4.69) is 55.3 Å². The summed E-state index contributed by atoms with van der Waals surface area (Å²) in [5, 5.41) is 3.64. The molecular formula is C16H26N2O. The van der Waals surface area contributed by atoms with Gasteiger partial charge in [0.1, 0.15) is 0 Å². The lowest BCUT2D eigenvalue weighted by Gasteiger charge is -2.33. The molecule has 3 nitrogen and oxygen atoms in total. The molecule has 0 amide bonds. The van der Waals surface area contributed by atoms with Crippen molar-refractivity contribution >= 4 is 0 Å². The number of nitrogens with zero attached hydrogens (tertiary/aromatic N) is 1. The minimum atomic E-state index is 0.406. The maximum atomic E-state index is 5.40. The van der Waals surface area contributed by atoms with Crippen molar-refractivity contribution in [2.24, 2.45) is 0 Å². The van der Waals surface area contributed by atoms with Crippen LogP contribution in [0.25, 0.3) is 0 Å². The predicted octanol–water partition coefficient (Wildman–Crippen LogP) is 2.37. The summed E-state index contributed by atoms with van der Waals surface area (Å²) in [5.41, 5.74) is 2.70. The number of hydrogen-bond donors (Lipinski definition) is 1. The van der Waals surface area contributed by atoms with Crippen molar-refractivity contribution < 1.29 is 4.74 Å². The first-order valence-electron chi connectivity index (χ1n) is 7.28. The van der Waals surface area contributed by atoms with E-state index in [9.17, 15) is 0 Å². The van der Waals surface area contributed by atoms with Crippen molar-refractivity contribution in [3.63, 3.8) is 0 Å². The molecule has 1 aliphatic rings. The molecule has 1 fully saturated rings. The Labute approximate surface area is 116 Å². The lowest BCUT2D eigenvalue weighted by atomic mass is 10.1. The molecule has 0 spiro atoms. The number of rotatable bonds is 5. The summed E-state index contributed by atoms with van der Waals surface area (Å²) in [6.45, 7) is 11.6. The minimum Gasteiger partial charge on any atom is -0.379 e. The van der Waals surface area contributed by atoms with Gasteiger partial charge in [-0.3, -0.25) is 4.90 Å². The highest BCUT2D eigenvalue weighted by atomic mass is 16.5. The van der Waals surface area contributed by atoms with Crippen LogP contribution in [0.15, 0.2) is 24.3 Å². The Morgan fingerprint density at radius 1 is 1.26 bits per heavy atom.